The summed E-state index contributed by atoms with van der Waals surface area (Å²) in [6.45, 7) is 2.61. The van der Waals surface area contributed by atoms with Gasteiger partial charge in [-0.2, -0.15) is 0 Å². The lowest BCUT2D eigenvalue weighted by Crippen LogP contribution is -2.33. The van der Waals surface area contributed by atoms with Crippen molar-refractivity contribution in [2.75, 3.05) is 17.6 Å². The van der Waals surface area contributed by atoms with Crippen LogP contribution in [0.25, 0.3) is 10.9 Å². The predicted molar refractivity (Wildman–Crippen MR) is 104 cm³/mol. The van der Waals surface area contributed by atoms with Gasteiger partial charge in [0, 0.05) is 28.6 Å². The summed E-state index contributed by atoms with van der Waals surface area (Å²) >= 11 is 0. The highest BCUT2D eigenvalue weighted by atomic mass is 32.2. The van der Waals surface area contributed by atoms with E-state index in [0.29, 0.717) is 18.0 Å². The summed E-state index contributed by atoms with van der Waals surface area (Å²) < 4.78 is 45.4. The fourth-order valence-electron chi connectivity index (χ4n) is 4.15. The maximum atomic E-state index is 13.7. The highest BCUT2D eigenvalue weighted by Crippen LogP contribution is 2.48. The number of H-pyrrole nitrogens is 1. The maximum absolute atomic E-state index is 13.7. The van der Waals surface area contributed by atoms with E-state index in [2.05, 4.69) is 16.6 Å². The molecule has 7 heteroatoms. The van der Waals surface area contributed by atoms with Crippen molar-refractivity contribution in [2.24, 2.45) is 0 Å². The molecule has 0 bridgehead atoms. The molecule has 0 fully saturated rings. The van der Waals surface area contributed by atoms with Crippen LogP contribution >= 0.6 is 0 Å². The number of hydrogen-bond donors (Lipinski definition) is 2. The van der Waals surface area contributed by atoms with Gasteiger partial charge < -0.3 is 9.72 Å². The molecular weight excluding hydrogens is 367 g/mol. The van der Waals surface area contributed by atoms with Gasteiger partial charge in [-0.05, 0) is 30.5 Å². The fourth-order valence-corrected chi connectivity index (χ4v) is 4.72. The lowest BCUT2D eigenvalue weighted by atomic mass is 9.69. The van der Waals surface area contributed by atoms with E-state index in [1.807, 2.05) is 18.3 Å². The van der Waals surface area contributed by atoms with Crippen LogP contribution in [0.2, 0.25) is 0 Å². The number of halogens is 1. The third-order valence-electron chi connectivity index (χ3n) is 5.38. The average Bonchev–Trinajstić information content (AvgIpc) is 3.05. The van der Waals surface area contributed by atoms with Gasteiger partial charge in [0.15, 0.2) is 0 Å². The standard InChI is InChI=1S/C20H21FN2O3S/c1-3-20(9-10-26-18-11-13(21)7-8-15(18)20)16-12-22-19-14(16)5-4-6-17(19)23-27(2,24)25/h4-8,11-12,22-23H,3,9-10H2,1-2H3. The van der Waals surface area contributed by atoms with Crippen LogP contribution in [-0.4, -0.2) is 26.3 Å². The third-order valence-corrected chi connectivity index (χ3v) is 5.97. The van der Waals surface area contributed by atoms with Crippen LogP contribution in [-0.2, 0) is 15.4 Å². The van der Waals surface area contributed by atoms with Crippen molar-refractivity contribution in [1.29, 1.82) is 0 Å². The first-order chi connectivity index (χ1) is 12.8. The minimum Gasteiger partial charge on any atom is -0.493 e. The molecule has 0 amide bonds. The van der Waals surface area contributed by atoms with Crippen molar-refractivity contribution in [3.05, 3.63) is 59.5 Å². The number of fused-ring (bicyclic) bond motifs is 2. The molecule has 2 heterocycles. The largest absolute Gasteiger partial charge is 0.493 e. The van der Waals surface area contributed by atoms with E-state index in [-0.39, 0.29) is 11.2 Å². The summed E-state index contributed by atoms with van der Waals surface area (Å²) in [6, 6.07) is 10.2. The first-order valence-corrected chi connectivity index (χ1v) is 10.7. The number of nitrogens with one attached hydrogen (secondary N) is 2. The Bertz CT molecular complexity index is 1120. The molecule has 0 saturated heterocycles. The van der Waals surface area contributed by atoms with Crippen LogP contribution in [0.15, 0.2) is 42.6 Å². The molecule has 2 aromatic carbocycles. The minimum absolute atomic E-state index is 0.320. The molecule has 1 aromatic heterocycles. The van der Waals surface area contributed by atoms with Crippen LogP contribution in [0.5, 0.6) is 5.75 Å². The molecule has 1 aliphatic rings. The number of aromatic nitrogens is 1. The van der Waals surface area contributed by atoms with Crippen LogP contribution < -0.4 is 9.46 Å². The molecule has 0 spiro atoms. The Balaban J connectivity index is 1.93. The van der Waals surface area contributed by atoms with E-state index in [0.717, 1.165) is 41.1 Å². The Morgan fingerprint density at radius 2 is 2.07 bits per heavy atom. The van der Waals surface area contributed by atoms with Gasteiger partial charge in [-0.15, -0.1) is 0 Å². The lowest BCUT2D eigenvalue weighted by molar-refractivity contribution is 0.231. The Kier molecular flexibility index (Phi) is 4.14. The van der Waals surface area contributed by atoms with E-state index in [1.165, 1.54) is 12.1 Å². The van der Waals surface area contributed by atoms with Crippen LogP contribution in [0.4, 0.5) is 10.1 Å². The van der Waals surface area contributed by atoms with E-state index in [4.69, 9.17) is 4.74 Å². The zero-order chi connectivity index (χ0) is 19.2. The number of rotatable bonds is 4. The van der Waals surface area contributed by atoms with E-state index < -0.39 is 10.0 Å². The summed E-state index contributed by atoms with van der Waals surface area (Å²) in [6.07, 6.45) is 4.64. The molecule has 3 aromatic rings. The topological polar surface area (TPSA) is 71.2 Å². The van der Waals surface area contributed by atoms with Crippen LogP contribution in [0.1, 0.15) is 30.9 Å². The van der Waals surface area contributed by atoms with E-state index in [9.17, 15) is 12.8 Å². The molecule has 0 saturated carbocycles. The van der Waals surface area contributed by atoms with Crippen molar-refractivity contribution < 1.29 is 17.5 Å². The molecule has 142 valence electrons. The second kappa shape index (κ2) is 6.27. The van der Waals surface area contributed by atoms with Gasteiger partial charge >= 0.3 is 0 Å². The van der Waals surface area contributed by atoms with Crippen molar-refractivity contribution in [3.8, 4) is 5.75 Å². The number of para-hydroxylation sites is 1. The van der Waals surface area contributed by atoms with Gasteiger partial charge in [-0.3, -0.25) is 4.72 Å². The van der Waals surface area contributed by atoms with Gasteiger partial charge in [-0.25, -0.2) is 12.8 Å². The second-order valence-corrected chi connectivity index (χ2v) is 8.73. The van der Waals surface area contributed by atoms with Gasteiger partial charge in [0.2, 0.25) is 10.0 Å². The average molecular weight is 388 g/mol. The van der Waals surface area contributed by atoms with Gasteiger partial charge in [0.25, 0.3) is 0 Å². The summed E-state index contributed by atoms with van der Waals surface area (Å²) in [5.41, 5.74) is 2.94. The molecule has 0 radical (unpaired) electrons. The zero-order valence-electron chi connectivity index (χ0n) is 15.2. The van der Waals surface area contributed by atoms with Crippen molar-refractivity contribution in [3.63, 3.8) is 0 Å². The van der Waals surface area contributed by atoms with Crippen molar-refractivity contribution in [2.45, 2.75) is 25.2 Å². The smallest absolute Gasteiger partial charge is 0.229 e. The number of hydrogen-bond acceptors (Lipinski definition) is 3. The molecule has 2 N–H and O–H groups in total. The second-order valence-electron chi connectivity index (χ2n) is 6.98. The molecule has 27 heavy (non-hydrogen) atoms. The number of anilines is 1. The van der Waals surface area contributed by atoms with Crippen LogP contribution in [0.3, 0.4) is 0 Å². The number of ether oxygens (including phenoxy) is 1. The van der Waals surface area contributed by atoms with E-state index in [1.54, 1.807) is 12.1 Å². The predicted octanol–water partition coefficient (Wildman–Crippen LogP) is 4.16. The monoisotopic (exact) mass is 388 g/mol. The van der Waals surface area contributed by atoms with Gasteiger partial charge in [0.1, 0.15) is 11.6 Å². The highest BCUT2D eigenvalue weighted by Gasteiger charge is 2.39. The highest BCUT2D eigenvalue weighted by molar-refractivity contribution is 7.92. The molecule has 0 aliphatic carbocycles. The number of aromatic amines is 1. The quantitative estimate of drug-likeness (QED) is 0.705. The SMILES string of the molecule is CCC1(c2c[nH]c3c(NS(C)(=O)=O)cccc23)CCOc2cc(F)ccc21. The molecule has 1 atom stereocenters. The lowest BCUT2D eigenvalue weighted by Gasteiger charge is -2.38. The van der Waals surface area contributed by atoms with E-state index >= 15 is 0 Å². The maximum Gasteiger partial charge on any atom is 0.229 e. The Labute approximate surface area is 157 Å². The summed E-state index contributed by atoms with van der Waals surface area (Å²) in [4.78, 5) is 3.24. The molecule has 5 nitrogen and oxygen atoms in total. The normalized spacial score (nSPS) is 19.5. The first kappa shape index (κ1) is 17.9. The zero-order valence-corrected chi connectivity index (χ0v) is 16.0. The first-order valence-electron chi connectivity index (χ1n) is 8.85. The summed E-state index contributed by atoms with van der Waals surface area (Å²) in [5.74, 6) is 0.252. The van der Waals surface area contributed by atoms with Crippen molar-refractivity contribution >= 4 is 26.6 Å². The van der Waals surface area contributed by atoms with Crippen molar-refractivity contribution in [1.82, 2.24) is 4.98 Å². The Morgan fingerprint density at radius 1 is 1.26 bits per heavy atom. The molecular formula is C20H21FN2O3S. The van der Waals surface area contributed by atoms with Gasteiger partial charge in [0.05, 0.1) is 24.1 Å². The Hall–Kier alpha value is -2.54. The number of sulfonamides is 1. The van der Waals surface area contributed by atoms with Crippen LogP contribution in [0, 0.1) is 5.82 Å². The molecule has 1 unspecified atom stereocenters. The Morgan fingerprint density at radius 3 is 2.81 bits per heavy atom. The molecule has 1 aliphatic heterocycles. The fraction of sp³-hybridized carbons (Fsp3) is 0.300. The number of benzene rings is 2. The summed E-state index contributed by atoms with van der Waals surface area (Å²) in [5, 5.41) is 0.947. The van der Waals surface area contributed by atoms with Gasteiger partial charge in [-0.1, -0.05) is 25.1 Å². The molecule has 4 rings (SSSR count). The summed E-state index contributed by atoms with van der Waals surface area (Å²) in [7, 11) is -3.39. The minimum atomic E-state index is -3.39. The third kappa shape index (κ3) is 2.96.